The number of hydrogen-bond donors (Lipinski definition) is 0. The second kappa shape index (κ2) is 5.78. The van der Waals surface area contributed by atoms with Gasteiger partial charge in [0, 0.05) is 20.9 Å². The fraction of sp³-hybridized carbons (Fsp3) is 0.200. The summed E-state index contributed by atoms with van der Waals surface area (Å²) in [5.74, 6) is 0.659. The van der Waals surface area contributed by atoms with Crippen molar-refractivity contribution in [1.82, 2.24) is 0 Å². The average Bonchev–Trinajstić information content (AvgIpc) is 2.87. The molecule has 0 aliphatic carbocycles. The van der Waals surface area contributed by atoms with Gasteiger partial charge < -0.3 is 4.74 Å². The number of alkyl halides is 1. The highest BCUT2D eigenvalue weighted by Crippen LogP contribution is 2.44. The van der Waals surface area contributed by atoms with Gasteiger partial charge in [0.2, 0.25) is 0 Å². The highest BCUT2D eigenvalue weighted by atomic mass is 79.9. The highest BCUT2D eigenvalue weighted by molar-refractivity contribution is 9.11. The van der Waals surface area contributed by atoms with Crippen molar-refractivity contribution in [3.05, 3.63) is 61.8 Å². The zero-order valence-electron chi connectivity index (χ0n) is 10.3. The van der Waals surface area contributed by atoms with Crippen LogP contribution in [-0.2, 0) is 6.42 Å². The first-order chi connectivity index (χ1) is 9.56. The normalized spacial score (nSPS) is 14.8. The van der Waals surface area contributed by atoms with Crippen LogP contribution in [0.3, 0.4) is 0 Å². The minimum atomic E-state index is -0.250. The van der Waals surface area contributed by atoms with Gasteiger partial charge in [0.1, 0.15) is 11.6 Å². The van der Waals surface area contributed by atoms with E-state index >= 15 is 0 Å². The summed E-state index contributed by atoms with van der Waals surface area (Å²) in [5, 5.41) is 0. The van der Waals surface area contributed by atoms with Gasteiger partial charge in [-0.05, 0) is 41.5 Å². The topological polar surface area (TPSA) is 9.23 Å². The standard InChI is InChI=1S/C15H10Br3FO/c16-9-5-8-3-4-20-15(8)12(6-9)14(18)11-7-10(19)1-2-13(11)17/h1-2,5-7,14H,3-4H2. The molecule has 1 nitrogen and oxygen atoms in total. The van der Waals surface area contributed by atoms with Crippen molar-refractivity contribution in [1.29, 1.82) is 0 Å². The van der Waals surface area contributed by atoms with Crippen LogP contribution in [-0.4, -0.2) is 6.61 Å². The molecule has 0 saturated heterocycles. The van der Waals surface area contributed by atoms with E-state index in [1.165, 1.54) is 17.7 Å². The third kappa shape index (κ3) is 2.68. The van der Waals surface area contributed by atoms with Crippen molar-refractivity contribution < 1.29 is 9.13 Å². The maximum absolute atomic E-state index is 13.5. The zero-order chi connectivity index (χ0) is 14.3. The quantitative estimate of drug-likeness (QED) is 0.513. The molecule has 2 aromatic carbocycles. The molecule has 1 unspecified atom stereocenters. The van der Waals surface area contributed by atoms with Crippen LogP contribution < -0.4 is 4.74 Å². The van der Waals surface area contributed by atoms with E-state index in [1.54, 1.807) is 6.07 Å². The molecule has 0 bridgehead atoms. The Morgan fingerprint density at radius 1 is 1.10 bits per heavy atom. The summed E-state index contributed by atoms with van der Waals surface area (Å²) in [4.78, 5) is -0.128. The van der Waals surface area contributed by atoms with Crippen molar-refractivity contribution >= 4 is 47.8 Å². The van der Waals surface area contributed by atoms with Crippen molar-refractivity contribution in [3.63, 3.8) is 0 Å². The number of rotatable bonds is 2. The molecule has 1 atom stereocenters. The molecule has 5 heteroatoms. The van der Waals surface area contributed by atoms with E-state index in [1.807, 2.05) is 6.07 Å². The Morgan fingerprint density at radius 2 is 1.90 bits per heavy atom. The van der Waals surface area contributed by atoms with Crippen molar-refractivity contribution in [2.24, 2.45) is 0 Å². The molecule has 20 heavy (non-hydrogen) atoms. The Hall–Kier alpha value is -0.390. The number of fused-ring (bicyclic) bond motifs is 1. The lowest BCUT2D eigenvalue weighted by atomic mass is 10.0. The fourth-order valence-corrected chi connectivity index (χ4v) is 4.39. The summed E-state index contributed by atoms with van der Waals surface area (Å²) in [6.07, 6.45) is 0.909. The third-order valence-electron chi connectivity index (χ3n) is 3.28. The molecule has 1 aliphatic heterocycles. The van der Waals surface area contributed by atoms with Gasteiger partial charge in [0.25, 0.3) is 0 Å². The Balaban J connectivity index is 2.11. The van der Waals surface area contributed by atoms with Crippen LogP contribution in [0.4, 0.5) is 4.39 Å². The second-order valence-corrected chi connectivity index (χ2v) is 7.30. The minimum Gasteiger partial charge on any atom is -0.493 e. The summed E-state index contributed by atoms with van der Waals surface area (Å²) in [6, 6.07) is 8.78. The number of benzene rings is 2. The van der Waals surface area contributed by atoms with Crippen LogP contribution in [0, 0.1) is 5.82 Å². The maximum atomic E-state index is 13.5. The summed E-state index contributed by atoms with van der Waals surface area (Å²) in [5.41, 5.74) is 3.05. The van der Waals surface area contributed by atoms with Gasteiger partial charge in [-0.25, -0.2) is 4.39 Å². The largest absolute Gasteiger partial charge is 0.493 e. The van der Waals surface area contributed by atoms with E-state index in [9.17, 15) is 4.39 Å². The van der Waals surface area contributed by atoms with E-state index < -0.39 is 0 Å². The lowest BCUT2D eigenvalue weighted by molar-refractivity contribution is 0.354. The van der Waals surface area contributed by atoms with Crippen molar-refractivity contribution in [3.8, 4) is 5.75 Å². The monoisotopic (exact) mass is 462 g/mol. The maximum Gasteiger partial charge on any atom is 0.127 e. The van der Waals surface area contributed by atoms with E-state index in [-0.39, 0.29) is 10.6 Å². The van der Waals surface area contributed by atoms with E-state index in [0.717, 1.165) is 32.2 Å². The summed E-state index contributed by atoms with van der Waals surface area (Å²) in [6.45, 7) is 0.697. The van der Waals surface area contributed by atoms with Gasteiger partial charge in [-0.1, -0.05) is 47.8 Å². The van der Waals surface area contributed by atoms with Crippen LogP contribution in [0.2, 0.25) is 0 Å². The van der Waals surface area contributed by atoms with Crippen LogP contribution in [0.15, 0.2) is 39.3 Å². The van der Waals surface area contributed by atoms with Crippen LogP contribution in [0.25, 0.3) is 0 Å². The van der Waals surface area contributed by atoms with Gasteiger partial charge in [-0.3, -0.25) is 0 Å². The molecular formula is C15H10Br3FO. The average molecular weight is 465 g/mol. The van der Waals surface area contributed by atoms with E-state index in [2.05, 4.69) is 53.9 Å². The summed E-state index contributed by atoms with van der Waals surface area (Å²) in [7, 11) is 0. The molecule has 1 heterocycles. The fourth-order valence-electron chi connectivity index (χ4n) is 2.36. The first-order valence-corrected chi connectivity index (χ1v) is 8.60. The molecule has 3 rings (SSSR count). The summed E-state index contributed by atoms with van der Waals surface area (Å²) < 4.78 is 21.1. The highest BCUT2D eigenvalue weighted by Gasteiger charge is 2.24. The first kappa shape index (κ1) is 14.5. The molecule has 0 saturated carbocycles. The van der Waals surface area contributed by atoms with Crippen LogP contribution in [0.5, 0.6) is 5.75 Å². The smallest absolute Gasteiger partial charge is 0.127 e. The Morgan fingerprint density at radius 3 is 2.70 bits per heavy atom. The Labute approximate surface area is 141 Å². The van der Waals surface area contributed by atoms with Crippen molar-refractivity contribution in [2.45, 2.75) is 11.2 Å². The van der Waals surface area contributed by atoms with Crippen molar-refractivity contribution in [2.75, 3.05) is 6.61 Å². The number of ether oxygens (including phenoxy) is 1. The SMILES string of the molecule is Fc1ccc(Br)c(C(Br)c2cc(Br)cc3c2OCC3)c1. The lowest BCUT2D eigenvalue weighted by Gasteiger charge is -2.16. The molecule has 0 aromatic heterocycles. The molecule has 2 aromatic rings. The number of hydrogen-bond acceptors (Lipinski definition) is 1. The van der Waals surface area contributed by atoms with Gasteiger partial charge in [0.15, 0.2) is 0 Å². The Bertz CT molecular complexity index is 672. The molecule has 1 aliphatic rings. The molecule has 0 spiro atoms. The van der Waals surface area contributed by atoms with Gasteiger partial charge in [-0.15, -0.1) is 0 Å². The zero-order valence-corrected chi connectivity index (χ0v) is 15.1. The lowest BCUT2D eigenvalue weighted by Crippen LogP contribution is -1.99. The van der Waals surface area contributed by atoms with Crippen LogP contribution in [0.1, 0.15) is 21.5 Å². The predicted octanol–water partition coefficient (Wildman–Crippen LogP) is 5.77. The summed E-state index contributed by atoms with van der Waals surface area (Å²) >= 11 is 10.7. The first-order valence-electron chi connectivity index (χ1n) is 6.10. The molecule has 0 fully saturated rings. The molecule has 0 N–H and O–H groups in total. The van der Waals surface area contributed by atoms with Crippen LogP contribution >= 0.6 is 47.8 Å². The molecule has 104 valence electrons. The van der Waals surface area contributed by atoms with E-state index in [0.29, 0.717) is 6.61 Å². The second-order valence-electron chi connectivity index (χ2n) is 4.61. The van der Waals surface area contributed by atoms with Gasteiger partial charge >= 0.3 is 0 Å². The number of halogens is 4. The minimum absolute atomic E-state index is 0.128. The molecule has 0 radical (unpaired) electrons. The molecule has 0 amide bonds. The Kier molecular flexibility index (Phi) is 4.20. The van der Waals surface area contributed by atoms with E-state index in [4.69, 9.17) is 4.74 Å². The third-order valence-corrected chi connectivity index (χ3v) is 5.45. The van der Waals surface area contributed by atoms with Gasteiger partial charge in [-0.2, -0.15) is 0 Å². The predicted molar refractivity (Wildman–Crippen MR) is 88.2 cm³/mol. The van der Waals surface area contributed by atoms with Gasteiger partial charge in [0.05, 0.1) is 11.4 Å². The molecular weight excluding hydrogens is 455 g/mol.